The smallest absolute Gasteiger partial charge is 0.257 e. The summed E-state index contributed by atoms with van der Waals surface area (Å²) in [6.07, 6.45) is 7.86. The molecule has 0 radical (unpaired) electrons. The van der Waals surface area contributed by atoms with Crippen molar-refractivity contribution in [3.8, 4) is 0 Å². The second-order valence-electron chi connectivity index (χ2n) is 9.14. The van der Waals surface area contributed by atoms with Gasteiger partial charge in [-0.25, -0.2) is 0 Å². The summed E-state index contributed by atoms with van der Waals surface area (Å²) in [5.41, 5.74) is 4.31. The molecule has 0 unspecified atom stereocenters. The Kier molecular flexibility index (Phi) is 6.27. The van der Waals surface area contributed by atoms with Gasteiger partial charge in [0.25, 0.3) is 5.91 Å². The maximum atomic E-state index is 13.3. The lowest BCUT2D eigenvalue weighted by Gasteiger charge is -2.34. The van der Waals surface area contributed by atoms with Gasteiger partial charge in [-0.15, -0.1) is 6.58 Å². The molecule has 0 bridgehead atoms. The lowest BCUT2D eigenvalue weighted by Crippen LogP contribution is -2.42. The van der Waals surface area contributed by atoms with Crippen molar-refractivity contribution >= 4 is 39.1 Å². The standard InChI is InChI=1S/C26H31N7O2/c1-4-9-27-19-7-10-33(11-8-19)23-6-5-21(25-22(23)15-32(3)30-25)26(35)28-20-12-17-14-31(2)29-24(17)18(13-20)16-34/h4-6,12-15,19,27,34H,1,7-11,16H2,2-3H3,(H,28,35). The largest absolute Gasteiger partial charge is 0.392 e. The van der Waals surface area contributed by atoms with Crippen LogP contribution in [-0.4, -0.2) is 56.3 Å². The van der Waals surface area contributed by atoms with Crippen LogP contribution < -0.4 is 15.5 Å². The number of fused-ring (bicyclic) bond motifs is 2. The van der Waals surface area contributed by atoms with E-state index in [1.165, 1.54) is 0 Å². The number of aliphatic hydroxyl groups excluding tert-OH is 1. The second-order valence-corrected chi connectivity index (χ2v) is 9.14. The Balaban J connectivity index is 1.41. The fourth-order valence-corrected chi connectivity index (χ4v) is 4.96. The van der Waals surface area contributed by atoms with Crippen LogP contribution in [0, 0.1) is 0 Å². The highest BCUT2D eigenvalue weighted by Crippen LogP contribution is 2.31. The van der Waals surface area contributed by atoms with E-state index in [9.17, 15) is 9.90 Å². The van der Waals surface area contributed by atoms with Crippen molar-refractivity contribution in [1.29, 1.82) is 0 Å². The summed E-state index contributed by atoms with van der Waals surface area (Å²) >= 11 is 0. The highest BCUT2D eigenvalue weighted by molar-refractivity contribution is 6.14. The number of hydrogen-bond acceptors (Lipinski definition) is 6. The van der Waals surface area contributed by atoms with Crippen molar-refractivity contribution in [3.63, 3.8) is 0 Å². The SMILES string of the molecule is C=CCNC1CCN(c2ccc(C(=O)Nc3cc(CO)c4nn(C)cc4c3)c3nn(C)cc23)CC1. The summed E-state index contributed by atoms with van der Waals surface area (Å²) in [5, 5.41) is 27.2. The van der Waals surface area contributed by atoms with Gasteiger partial charge in [0.05, 0.1) is 17.7 Å². The van der Waals surface area contributed by atoms with E-state index < -0.39 is 0 Å². The predicted octanol–water partition coefficient (Wildman–Crippen LogP) is 2.95. The molecule has 4 aromatic rings. The van der Waals surface area contributed by atoms with E-state index in [0.29, 0.717) is 28.4 Å². The van der Waals surface area contributed by atoms with Crippen molar-refractivity contribution in [1.82, 2.24) is 24.9 Å². The van der Waals surface area contributed by atoms with E-state index in [-0.39, 0.29) is 12.5 Å². The van der Waals surface area contributed by atoms with Crippen molar-refractivity contribution in [2.45, 2.75) is 25.5 Å². The van der Waals surface area contributed by atoms with E-state index in [0.717, 1.165) is 54.5 Å². The average Bonchev–Trinajstić information content (AvgIpc) is 3.43. The van der Waals surface area contributed by atoms with E-state index in [1.807, 2.05) is 50.8 Å². The number of aryl methyl sites for hydroxylation is 2. The van der Waals surface area contributed by atoms with Gasteiger partial charge < -0.3 is 20.6 Å². The molecular formula is C26H31N7O2. The highest BCUT2D eigenvalue weighted by atomic mass is 16.3. The number of hydrogen-bond donors (Lipinski definition) is 3. The van der Waals surface area contributed by atoms with Gasteiger partial charge in [0.2, 0.25) is 0 Å². The van der Waals surface area contributed by atoms with E-state index >= 15 is 0 Å². The number of benzene rings is 2. The van der Waals surface area contributed by atoms with Crippen molar-refractivity contribution < 1.29 is 9.90 Å². The minimum atomic E-state index is -0.236. The first-order valence-electron chi connectivity index (χ1n) is 11.9. The Labute approximate surface area is 204 Å². The zero-order valence-electron chi connectivity index (χ0n) is 20.2. The summed E-state index contributed by atoms with van der Waals surface area (Å²) in [5.74, 6) is -0.236. The van der Waals surface area contributed by atoms with Crippen LogP contribution in [0.25, 0.3) is 21.8 Å². The van der Waals surface area contributed by atoms with Crippen LogP contribution in [-0.2, 0) is 20.7 Å². The van der Waals surface area contributed by atoms with Crippen LogP contribution in [0.5, 0.6) is 0 Å². The zero-order chi connectivity index (χ0) is 24.5. The molecular weight excluding hydrogens is 442 g/mol. The molecule has 2 aromatic carbocycles. The molecule has 2 aromatic heterocycles. The number of amides is 1. The number of carbonyl (C=O) groups is 1. The third-order valence-electron chi connectivity index (χ3n) is 6.63. The third-order valence-corrected chi connectivity index (χ3v) is 6.63. The Morgan fingerprint density at radius 1 is 1.14 bits per heavy atom. The monoisotopic (exact) mass is 473 g/mol. The molecule has 5 rings (SSSR count). The fraction of sp³-hybridized carbons (Fsp3) is 0.346. The van der Waals surface area contributed by atoms with Crippen LogP contribution in [0.15, 0.2) is 49.3 Å². The van der Waals surface area contributed by atoms with Gasteiger partial charge in [0, 0.05) is 79.9 Å². The number of aromatic nitrogens is 4. The zero-order valence-corrected chi connectivity index (χ0v) is 20.2. The fourth-order valence-electron chi connectivity index (χ4n) is 4.96. The summed E-state index contributed by atoms with van der Waals surface area (Å²) in [4.78, 5) is 15.7. The first kappa shape index (κ1) is 23.1. The average molecular weight is 474 g/mol. The van der Waals surface area contributed by atoms with Crippen LogP contribution in [0.3, 0.4) is 0 Å². The molecule has 9 nitrogen and oxygen atoms in total. The Bertz CT molecular complexity index is 1400. The van der Waals surface area contributed by atoms with Gasteiger partial charge in [-0.1, -0.05) is 6.08 Å². The normalized spacial score (nSPS) is 14.7. The first-order valence-corrected chi connectivity index (χ1v) is 11.9. The molecule has 0 saturated carbocycles. The minimum Gasteiger partial charge on any atom is -0.392 e. The van der Waals surface area contributed by atoms with Gasteiger partial charge >= 0.3 is 0 Å². The summed E-state index contributed by atoms with van der Waals surface area (Å²) in [6, 6.07) is 8.02. The second kappa shape index (κ2) is 9.52. The minimum absolute atomic E-state index is 0.157. The number of rotatable bonds is 7. The highest BCUT2D eigenvalue weighted by Gasteiger charge is 2.23. The molecule has 0 aliphatic carbocycles. The third kappa shape index (κ3) is 4.52. The van der Waals surface area contributed by atoms with Gasteiger partial charge in [-0.3, -0.25) is 14.2 Å². The molecule has 1 aliphatic rings. The summed E-state index contributed by atoms with van der Waals surface area (Å²) in [7, 11) is 3.71. The number of anilines is 2. The van der Waals surface area contributed by atoms with Crippen LogP contribution in [0.1, 0.15) is 28.8 Å². The lowest BCUT2D eigenvalue weighted by atomic mass is 10.0. The molecule has 35 heavy (non-hydrogen) atoms. The van der Waals surface area contributed by atoms with E-state index in [2.05, 4.69) is 32.3 Å². The number of aliphatic hydroxyl groups is 1. The summed E-state index contributed by atoms with van der Waals surface area (Å²) in [6.45, 7) is 6.35. The number of carbonyl (C=O) groups excluding carboxylic acids is 1. The quantitative estimate of drug-likeness (QED) is 0.357. The topological polar surface area (TPSA) is 100 Å². The lowest BCUT2D eigenvalue weighted by molar-refractivity contribution is 0.102. The van der Waals surface area contributed by atoms with Crippen LogP contribution >= 0.6 is 0 Å². The molecule has 1 amide bonds. The van der Waals surface area contributed by atoms with E-state index in [1.54, 1.807) is 15.4 Å². The maximum absolute atomic E-state index is 13.3. The van der Waals surface area contributed by atoms with E-state index in [4.69, 9.17) is 0 Å². The molecule has 9 heteroatoms. The molecule has 3 N–H and O–H groups in total. The Morgan fingerprint density at radius 3 is 2.63 bits per heavy atom. The predicted molar refractivity (Wildman–Crippen MR) is 139 cm³/mol. The molecule has 1 fully saturated rings. The van der Waals surface area contributed by atoms with Gasteiger partial charge in [0.15, 0.2) is 0 Å². The molecule has 3 heterocycles. The molecule has 0 spiro atoms. The molecule has 182 valence electrons. The Hall–Kier alpha value is -3.69. The number of nitrogens with one attached hydrogen (secondary N) is 2. The van der Waals surface area contributed by atoms with Crippen molar-refractivity contribution in [2.24, 2.45) is 14.1 Å². The van der Waals surface area contributed by atoms with Crippen molar-refractivity contribution in [3.05, 3.63) is 60.4 Å². The van der Waals surface area contributed by atoms with Crippen molar-refractivity contribution in [2.75, 3.05) is 29.9 Å². The van der Waals surface area contributed by atoms with Crippen LogP contribution in [0.4, 0.5) is 11.4 Å². The molecule has 0 atom stereocenters. The number of piperidine rings is 1. The maximum Gasteiger partial charge on any atom is 0.257 e. The number of nitrogens with zero attached hydrogens (tertiary/aromatic N) is 5. The van der Waals surface area contributed by atoms with Gasteiger partial charge in [-0.05, 0) is 37.1 Å². The molecule has 1 saturated heterocycles. The van der Waals surface area contributed by atoms with Crippen LogP contribution in [0.2, 0.25) is 0 Å². The van der Waals surface area contributed by atoms with Gasteiger partial charge in [0.1, 0.15) is 5.52 Å². The summed E-state index contributed by atoms with van der Waals surface area (Å²) < 4.78 is 3.46. The first-order chi connectivity index (χ1) is 17.0. The molecule has 1 aliphatic heterocycles. The van der Waals surface area contributed by atoms with Gasteiger partial charge in [-0.2, -0.15) is 10.2 Å². The Morgan fingerprint density at radius 2 is 1.89 bits per heavy atom.